The zero-order valence-electron chi connectivity index (χ0n) is 22.1. The number of esters is 1. The maximum Gasteiger partial charge on any atom is 0.343 e. The largest absolute Gasteiger partial charge is 0.423 e. The van der Waals surface area contributed by atoms with Crippen LogP contribution in [0.25, 0.3) is 0 Å². The van der Waals surface area contributed by atoms with E-state index in [0.29, 0.717) is 23.4 Å². The summed E-state index contributed by atoms with van der Waals surface area (Å²) in [7, 11) is 0. The van der Waals surface area contributed by atoms with E-state index in [0.717, 1.165) is 28.1 Å². The number of anilines is 2. The second-order valence-electron chi connectivity index (χ2n) is 9.84. The average molecular weight is 525 g/mol. The molecular formula is C35H28N2O3. The van der Waals surface area contributed by atoms with Gasteiger partial charge in [0.1, 0.15) is 11.9 Å². The van der Waals surface area contributed by atoms with Gasteiger partial charge in [0, 0.05) is 12.2 Å². The number of para-hydroxylation sites is 1. The number of rotatable bonds is 6. The molecule has 0 unspecified atom stereocenters. The SMILES string of the molecule is Cc1ccc(N2C(=O)c3ccccc3N(Cc3ccccc3)[C@H]2c2ccc(OC(=O)c3ccccc3)cc2)cc1. The van der Waals surface area contributed by atoms with Crippen LogP contribution < -0.4 is 14.5 Å². The van der Waals surface area contributed by atoms with Crippen molar-refractivity contribution >= 4 is 23.3 Å². The first-order valence-corrected chi connectivity index (χ1v) is 13.3. The smallest absolute Gasteiger partial charge is 0.343 e. The van der Waals surface area contributed by atoms with Crippen LogP contribution in [0.2, 0.25) is 0 Å². The van der Waals surface area contributed by atoms with Crippen LogP contribution in [0, 0.1) is 6.92 Å². The van der Waals surface area contributed by atoms with Gasteiger partial charge in [0.15, 0.2) is 0 Å². The predicted octanol–water partition coefficient (Wildman–Crippen LogP) is 7.58. The minimum atomic E-state index is -0.427. The maximum absolute atomic E-state index is 14.1. The van der Waals surface area contributed by atoms with Gasteiger partial charge in [-0.1, -0.05) is 90.5 Å². The summed E-state index contributed by atoms with van der Waals surface area (Å²) in [5, 5.41) is 0. The van der Waals surface area contributed by atoms with Crippen LogP contribution in [0.4, 0.5) is 11.4 Å². The lowest BCUT2D eigenvalue weighted by Gasteiger charge is -2.46. The van der Waals surface area contributed by atoms with Gasteiger partial charge >= 0.3 is 5.97 Å². The number of hydrogen-bond donors (Lipinski definition) is 0. The van der Waals surface area contributed by atoms with Gasteiger partial charge in [-0.25, -0.2) is 4.79 Å². The Morgan fingerprint density at radius 3 is 2.05 bits per heavy atom. The number of fused-ring (bicyclic) bond motifs is 1. The lowest BCUT2D eigenvalue weighted by atomic mass is 9.99. The number of ether oxygens (including phenoxy) is 1. The predicted molar refractivity (Wildman–Crippen MR) is 158 cm³/mol. The first-order chi connectivity index (χ1) is 19.6. The number of hydrogen-bond acceptors (Lipinski definition) is 4. The van der Waals surface area contributed by atoms with E-state index in [2.05, 4.69) is 17.0 Å². The summed E-state index contributed by atoms with van der Waals surface area (Å²) >= 11 is 0. The summed E-state index contributed by atoms with van der Waals surface area (Å²) < 4.78 is 5.63. The van der Waals surface area contributed by atoms with Gasteiger partial charge in [-0.3, -0.25) is 9.69 Å². The monoisotopic (exact) mass is 524 g/mol. The van der Waals surface area contributed by atoms with Crippen LogP contribution in [-0.2, 0) is 6.54 Å². The molecule has 5 aromatic carbocycles. The van der Waals surface area contributed by atoms with Gasteiger partial charge in [0.25, 0.3) is 5.91 Å². The highest BCUT2D eigenvalue weighted by atomic mass is 16.5. The molecule has 5 aromatic rings. The van der Waals surface area contributed by atoms with E-state index >= 15 is 0 Å². The Bertz CT molecular complexity index is 1630. The molecule has 0 aliphatic carbocycles. The molecule has 1 heterocycles. The average Bonchev–Trinajstić information content (AvgIpc) is 3.00. The lowest BCUT2D eigenvalue weighted by Crippen LogP contribution is -2.49. The summed E-state index contributed by atoms with van der Waals surface area (Å²) in [6.45, 7) is 2.63. The highest BCUT2D eigenvalue weighted by molar-refractivity contribution is 6.12. The Kier molecular flexibility index (Phi) is 6.86. The molecule has 1 aliphatic heterocycles. The second-order valence-corrected chi connectivity index (χ2v) is 9.84. The minimum Gasteiger partial charge on any atom is -0.423 e. The van der Waals surface area contributed by atoms with Crippen molar-refractivity contribution < 1.29 is 14.3 Å². The molecule has 0 saturated heterocycles. The first-order valence-electron chi connectivity index (χ1n) is 13.3. The third kappa shape index (κ3) is 4.97. The minimum absolute atomic E-state index is 0.0617. The molecule has 0 bridgehead atoms. The van der Waals surface area contributed by atoms with Gasteiger partial charge in [-0.2, -0.15) is 0 Å². The number of amides is 1. The molecule has 1 aliphatic rings. The van der Waals surface area contributed by atoms with Crippen LogP contribution in [0.1, 0.15) is 43.6 Å². The van der Waals surface area contributed by atoms with Gasteiger partial charge < -0.3 is 9.64 Å². The van der Waals surface area contributed by atoms with E-state index in [1.54, 1.807) is 36.4 Å². The van der Waals surface area contributed by atoms with E-state index in [4.69, 9.17) is 4.74 Å². The number of benzene rings is 5. The Hall–Kier alpha value is -5.16. The Morgan fingerprint density at radius 1 is 0.725 bits per heavy atom. The lowest BCUT2D eigenvalue weighted by molar-refractivity contribution is 0.0734. The topological polar surface area (TPSA) is 49.9 Å². The van der Waals surface area contributed by atoms with Crippen molar-refractivity contribution in [2.75, 3.05) is 9.80 Å². The van der Waals surface area contributed by atoms with Crippen LogP contribution in [-0.4, -0.2) is 11.9 Å². The van der Waals surface area contributed by atoms with E-state index < -0.39 is 12.1 Å². The Morgan fingerprint density at radius 2 is 1.35 bits per heavy atom. The molecule has 0 fully saturated rings. The molecular weight excluding hydrogens is 496 g/mol. The van der Waals surface area contributed by atoms with Crippen molar-refractivity contribution in [1.82, 2.24) is 0 Å². The summed E-state index contributed by atoms with van der Waals surface area (Å²) in [4.78, 5) is 30.8. The van der Waals surface area contributed by atoms with E-state index in [1.165, 1.54) is 0 Å². The highest BCUT2D eigenvalue weighted by Gasteiger charge is 2.39. The van der Waals surface area contributed by atoms with Gasteiger partial charge in [-0.05, 0) is 66.6 Å². The van der Waals surface area contributed by atoms with Crippen molar-refractivity contribution in [1.29, 1.82) is 0 Å². The quantitative estimate of drug-likeness (QED) is 0.170. The molecule has 196 valence electrons. The highest BCUT2D eigenvalue weighted by Crippen LogP contribution is 2.42. The fourth-order valence-corrected chi connectivity index (χ4v) is 5.11. The fraction of sp³-hybridized carbons (Fsp3) is 0.0857. The molecule has 0 radical (unpaired) electrons. The Labute approximate surface area is 233 Å². The first kappa shape index (κ1) is 25.1. The summed E-state index contributed by atoms with van der Waals surface area (Å²) in [6, 6.07) is 42.4. The van der Waals surface area contributed by atoms with Crippen molar-refractivity contribution in [3.8, 4) is 5.75 Å². The molecule has 1 amide bonds. The zero-order chi connectivity index (χ0) is 27.5. The van der Waals surface area contributed by atoms with Gasteiger partial charge in [0.2, 0.25) is 0 Å². The number of carbonyl (C=O) groups is 2. The van der Waals surface area contributed by atoms with Crippen LogP contribution >= 0.6 is 0 Å². The fourth-order valence-electron chi connectivity index (χ4n) is 5.11. The van der Waals surface area contributed by atoms with Gasteiger partial charge in [-0.15, -0.1) is 0 Å². The molecule has 0 saturated carbocycles. The normalized spacial score (nSPS) is 14.5. The van der Waals surface area contributed by atoms with Crippen LogP contribution in [0.3, 0.4) is 0 Å². The van der Waals surface area contributed by atoms with E-state index in [9.17, 15) is 9.59 Å². The third-order valence-electron chi connectivity index (χ3n) is 7.11. The van der Waals surface area contributed by atoms with Crippen molar-refractivity contribution in [3.05, 3.63) is 161 Å². The number of nitrogens with zero attached hydrogens (tertiary/aromatic N) is 2. The maximum atomic E-state index is 14.1. The van der Waals surface area contributed by atoms with Crippen molar-refractivity contribution in [2.45, 2.75) is 19.6 Å². The molecule has 40 heavy (non-hydrogen) atoms. The second kappa shape index (κ2) is 10.9. The molecule has 5 heteroatoms. The summed E-state index contributed by atoms with van der Waals surface area (Å²) in [5.74, 6) is -0.0351. The molecule has 0 spiro atoms. The Balaban J connectivity index is 1.43. The van der Waals surface area contributed by atoms with E-state index in [1.807, 2.05) is 96.8 Å². The molecule has 0 N–H and O–H groups in total. The standard InChI is InChI=1S/C35H28N2O3/c1-25-16-20-29(21-17-25)37-33(27-18-22-30(23-19-27)40-35(39)28-12-6-3-7-13-28)36(24-26-10-4-2-5-11-26)32-15-9-8-14-31(32)34(37)38/h2-23,33H,24H2,1H3/t33-/m1/s1. The number of carbonyl (C=O) groups excluding carboxylic acids is 2. The number of aryl methyl sites for hydroxylation is 1. The van der Waals surface area contributed by atoms with Gasteiger partial charge in [0.05, 0.1) is 16.8 Å². The van der Waals surface area contributed by atoms with Crippen LogP contribution in [0.15, 0.2) is 133 Å². The van der Waals surface area contributed by atoms with E-state index in [-0.39, 0.29) is 5.91 Å². The zero-order valence-corrected chi connectivity index (χ0v) is 22.1. The third-order valence-corrected chi connectivity index (χ3v) is 7.11. The molecule has 5 nitrogen and oxygen atoms in total. The molecule has 6 rings (SSSR count). The van der Waals surface area contributed by atoms with Crippen molar-refractivity contribution in [3.63, 3.8) is 0 Å². The summed E-state index contributed by atoms with van der Waals surface area (Å²) in [5.41, 5.74) is 5.99. The van der Waals surface area contributed by atoms with Crippen molar-refractivity contribution in [2.24, 2.45) is 0 Å². The van der Waals surface area contributed by atoms with Crippen LogP contribution in [0.5, 0.6) is 5.75 Å². The molecule has 1 atom stereocenters. The summed E-state index contributed by atoms with van der Waals surface area (Å²) in [6.07, 6.45) is -0.427. The molecule has 0 aromatic heterocycles.